The lowest BCUT2D eigenvalue weighted by Gasteiger charge is -2.30. The summed E-state index contributed by atoms with van der Waals surface area (Å²) >= 11 is 1.87. The van der Waals surface area contributed by atoms with Crippen molar-refractivity contribution in [1.29, 1.82) is 0 Å². The standard InChI is InChI=1S/C56H37NS/c1-3-17-38(18-4-1)43-22-9-12-27-49(43)55-45(39-19-5-2-6-20-39)28-15-30-52(55)57(53-31-16-29-50-48-26-13-14-32-54(48)58-56(50)53)42-35-33-40(34-36-42)51-37-41-21-7-8-23-44(41)46-24-10-11-25-47(46)51/h1-37H. The fourth-order valence-corrected chi connectivity index (χ4v) is 10.0. The van der Waals surface area contributed by atoms with Gasteiger partial charge in [0.05, 0.1) is 16.1 Å². The van der Waals surface area contributed by atoms with E-state index in [9.17, 15) is 0 Å². The van der Waals surface area contributed by atoms with Crippen LogP contribution in [0.4, 0.5) is 17.1 Å². The second-order valence-corrected chi connectivity index (χ2v) is 15.9. The molecule has 0 radical (unpaired) electrons. The van der Waals surface area contributed by atoms with Crippen LogP contribution in [-0.4, -0.2) is 0 Å². The predicted molar refractivity (Wildman–Crippen MR) is 251 cm³/mol. The minimum absolute atomic E-state index is 1.10. The third kappa shape index (κ3) is 5.77. The van der Waals surface area contributed by atoms with Crippen molar-refractivity contribution in [3.05, 3.63) is 224 Å². The van der Waals surface area contributed by atoms with Crippen molar-refractivity contribution < 1.29 is 0 Å². The number of hydrogen-bond acceptors (Lipinski definition) is 2. The number of anilines is 3. The van der Waals surface area contributed by atoms with Crippen LogP contribution in [0.3, 0.4) is 0 Å². The molecule has 0 aliphatic carbocycles. The zero-order chi connectivity index (χ0) is 38.4. The second-order valence-electron chi connectivity index (χ2n) is 14.8. The summed E-state index contributed by atoms with van der Waals surface area (Å²) in [6, 6.07) is 82.0. The summed E-state index contributed by atoms with van der Waals surface area (Å²) in [7, 11) is 0. The summed E-state index contributed by atoms with van der Waals surface area (Å²) in [5.41, 5.74) is 13.0. The maximum Gasteiger partial charge on any atom is 0.0640 e. The molecule has 11 aromatic rings. The Bertz CT molecular complexity index is 3270. The van der Waals surface area contributed by atoms with Crippen LogP contribution in [0, 0.1) is 0 Å². The van der Waals surface area contributed by atoms with Crippen molar-refractivity contribution in [3.63, 3.8) is 0 Å². The molecular formula is C56H37NS. The first kappa shape index (κ1) is 34.0. The van der Waals surface area contributed by atoms with Gasteiger partial charge in [-0.3, -0.25) is 0 Å². The molecule has 0 N–H and O–H groups in total. The van der Waals surface area contributed by atoms with Crippen LogP contribution >= 0.6 is 11.3 Å². The highest BCUT2D eigenvalue weighted by molar-refractivity contribution is 7.26. The lowest BCUT2D eigenvalue weighted by atomic mass is 9.87. The number of nitrogens with zero attached hydrogens (tertiary/aromatic N) is 1. The molecule has 1 heterocycles. The maximum absolute atomic E-state index is 2.50. The summed E-state index contributed by atoms with van der Waals surface area (Å²) in [6.45, 7) is 0. The normalized spacial score (nSPS) is 11.4. The number of hydrogen-bond donors (Lipinski definition) is 0. The lowest BCUT2D eigenvalue weighted by molar-refractivity contribution is 1.30. The Labute approximate surface area is 342 Å². The van der Waals surface area contributed by atoms with Crippen LogP contribution in [0.2, 0.25) is 0 Å². The Hall–Kier alpha value is -7.26. The quantitative estimate of drug-likeness (QED) is 0.146. The number of thiophene rings is 1. The summed E-state index contributed by atoms with van der Waals surface area (Å²) in [5, 5.41) is 7.62. The van der Waals surface area contributed by atoms with Crippen molar-refractivity contribution in [2.75, 3.05) is 4.90 Å². The lowest BCUT2D eigenvalue weighted by Crippen LogP contribution is -2.12. The van der Waals surface area contributed by atoms with E-state index in [1.807, 2.05) is 11.3 Å². The van der Waals surface area contributed by atoms with E-state index in [0.29, 0.717) is 0 Å². The third-order valence-electron chi connectivity index (χ3n) is 11.5. The zero-order valence-electron chi connectivity index (χ0n) is 31.7. The average molecular weight is 756 g/mol. The van der Waals surface area contributed by atoms with E-state index in [2.05, 4.69) is 229 Å². The van der Waals surface area contributed by atoms with Crippen LogP contribution < -0.4 is 4.90 Å². The topological polar surface area (TPSA) is 3.24 Å². The van der Waals surface area contributed by atoms with E-state index in [1.54, 1.807) is 0 Å². The monoisotopic (exact) mass is 755 g/mol. The Balaban J connectivity index is 1.19. The van der Waals surface area contributed by atoms with E-state index in [4.69, 9.17) is 0 Å². The first-order valence-corrected chi connectivity index (χ1v) is 20.7. The molecule has 1 nitrogen and oxygen atoms in total. The van der Waals surface area contributed by atoms with Gasteiger partial charge in [0.15, 0.2) is 0 Å². The highest BCUT2D eigenvalue weighted by Crippen LogP contribution is 2.51. The molecule has 0 atom stereocenters. The average Bonchev–Trinajstić information content (AvgIpc) is 3.69. The molecule has 0 spiro atoms. The molecule has 272 valence electrons. The summed E-state index contributed by atoms with van der Waals surface area (Å²) < 4.78 is 2.55. The molecule has 0 fully saturated rings. The molecule has 2 heteroatoms. The Morgan fingerprint density at radius 2 is 0.845 bits per heavy atom. The number of fused-ring (bicyclic) bond motifs is 6. The van der Waals surface area contributed by atoms with Crippen LogP contribution in [0.5, 0.6) is 0 Å². The first-order valence-electron chi connectivity index (χ1n) is 19.8. The molecule has 58 heavy (non-hydrogen) atoms. The highest BCUT2D eigenvalue weighted by atomic mass is 32.1. The minimum Gasteiger partial charge on any atom is -0.308 e. The number of rotatable bonds is 7. The van der Waals surface area contributed by atoms with Gasteiger partial charge in [-0.25, -0.2) is 0 Å². The largest absolute Gasteiger partial charge is 0.308 e. The van der Waals surface area contributed by atoms with Gasteiger partial charge in [-0.2, -0.15) is 0 Å². The van der Waals surface area contributed by atoms with Crippen molar-refractivity contribution in [3.8, 4) is 44.5 Å². The molecule has 0 aliphatic rings. The first-order chi connectivity index (χ1) is 28.8. The SMILES string of the molecule is c1ccc(-c2ccccc2-c2c(-c3ccccc3)cccc2N(c2ccc(-c3cc4ccccc4c4ccccc34)cc2)c2cccc3c2sc2ccccc23)cc1. The Morgan fingerprint density at radius 1 is 0.310 bits per heavy atom. The van der Waals surface area contributed by atoms with Crippen LogP contribution in [0.25, 0.3) is 86.2 Å². The van der Waals surface area contributed by atoms with E-state index in [-0.39, 0.29) is 0 Å². The molecular weight excluding hydrogens is 719 g/mol. The van der Waals surface area contributed by atoms with E-state index < -0.39 is 0 Å². The Morgan fingerprint density at radius 3 is 1.62 bits per heavy atom. The van der Waals surface area contributed by atoms with Gasteiger partial charge in [-0.1, -0.05) is 188 Å². The molecule has 0 bridgehead atoms. The van der Waals surface area contributed by atoms with Gasteiger partial charge in [0.2, 0.25) is 0 Å². The second kappa shape index (κ2) is 14.4. The number of benzene rings is 10. The molecule has 0 amide bonds. The third-order valence-corrected chi connectivity index (χ3v) is 12.7. The van der Waals surface area contributed by atoms with E-state index >= 15 is 0 Å². The molecule has 11 rings (SSSR count). The Kier molecular flexibility index (Phi) is 8.42. The van der Waals surface area contributed by atoms with Crippen molar-refractivity contribution in [2.45, 2.75) is 0 Å². The zero-order valence-corrected chi connectivity index (χ0v) is 32.5. The van der Waals surface area contributed by atoms with Gasteiger partial charge < -0.3 is 4.90 Å². The van der Waals surface area contributed by atoms with Gasteiger partial charge in [0, 0.05) is 26.7 Å². The predicted octanol–water partition coefficient (Wildman–Crippen LogP) is 16.5. The summed E-state index contributed by atoms with van der Waals surface area (Å²) in [5.74, 6) is 0. The fourth-order valence-electron chi connectivity index (χ4n) is 8.84. The molecule has 10 aromatic carbocycles. The molecule has 0 aliphatic heterocycles. The smallest absolute Gasteiger partial charge is 0.0640 e. The van der Waals surface area contributed by atoms with E-state index in [0.717, 1.165) is 17.1 Å². The minimum atomic E-state index is 1.10. The van der Waals surface area contributed by atoms with Gasteiger partial charge in [-0.05, 0) is 96.9 Å². The van der Waals surface area contributed by atoms with Crippen molar-refractivity contribution in [1.82, 2.24) is 0 Å². The van der Waals surface area contributed by atoms with Gasteiger partial charge in [-0.15, -0.1) is 11.3 Å². The van der Waals surface area contributed by atoms with Gasteiger partial charge >= 0.3 is 0 Å². The molecule has 0 unspecified atom stereocenters. The molecule has 0 saturated heterocycles. The van der Waals surface area contributed by atoms with Gasteiger partial charge in [0.1, 0.15) is 0 Å². The van der Waals surface area contributed by atoms with Crippen LogP contribution in [0.15, 0.2) is 224 Å². The summed E-state index contributed by atoms with van der Waals surface area (Å²) in [6.07, 6.45) is 0. The highest BCUT2D eigenvalue weighted by Gasteiger charge is 2.25. The van der Waals surface area contributed by atoms with Crippen LogP contribution in [0.1, 0.15) is 0 Å². The molecule has 1 aromatic heterocycles. The maximum atomic E-state index is 2.50. The van der Waals surface area contributed by atoms with Crippen molar-refractivity contribution in [2.24, 2.45) is 0 Å². The van der Waals surface area contributed by atoms with E-state index in [1.165, 1.54) is 86.2 Å². The fraction of sp³-hybridized carbons (Fsp3) is 0. The molecule has 0 saturated carbocycles. The van der Waals surface area contributed by atoms with Gasteiger partial charge in [0.25, 0.3) is 0 Å². The van der Waals surface area contributed by atoms with Crippen LogP contribution in [-0.2, 0) is 0 Å². The summed E-state index contributed by atoms with van der Waals surface area (Å²) in [4.78, 5) is 2.50. The van der Waals surface area contributed by atoms with Crippen molar-refractivity contribution >= 4 is 70.1 Å².